The molecule has 0 unspecified atom stereocenters. The molecule has 0 aliphatic heterocycles. The van der Waals surface area contributed by atoms with Crippen LogP contribution in [-0.2, 0) is 0 Å². The molecule has 0 atom stereocenters. The van der Waals surface area contributed by atoms with E-state index >= 15 is 0 Å². The molecule has 2 heteroatoms. The molecule has 0 aliphatic carbocycles. The number of unbranched alkanes of at least 4 members (excludes halogenated alkanes) is 1. The first-order valence-corrected chi connectivity index (χ1v) is 7.18. The average molecular weight is 304 g/mol. The molecule has 0 heterocycles. The summed E-state index contributed by atoms with van der Waals surface area (Å²) in [6, 6.07) is 19.0. The van der Waals surface area contributed by atoms with Gasteiger partial charge in [0.15, 0.2) is 0 Å². The van der Waals surface area contributed by atoms with Gasteiger partial charge in [-0.25, -0.2) is 0 Å². The van der Waals surface area contributed by atoms with Crippen LogP contribution in [-0.4, -0.2) is 6.54 Å². The lowest BCUT2D eigenvalue weighted by Crippen LogP contribution is -2.18. The van der Waals surface area contributed by atoms with Crippen LogP contribution in [0.2, 0.25) is 0 Å². The first-order valence-electron chi connectivity index (χ1n) is 6.39. The molecule has 2 aromatic carbocycles. The highest BCUT2D eigenvalue weighted by molar-refractivity contribution is 9.10. The summed E-state index contributed by atoms with van der Waals surface area (Å²) >= 11 is 3.54. The number of benzene rings is 2. The minimum absolute atomic E-state index is 1.05. The fourth-order valence-corrected chi connectivity index (χ4v) is 2.36. The Morgan fingerprint density at radius 2 is 1.67 bits per heavy atom. The zero-order valence-corrected chi connectivity index (χ0v) is 12.2. The van der Waals surface area contributed by atoms with Gasteiger partial charge in [0.25, 0.3) is 0 Å². The van der Waals surface area contributed by atoms with Crippen molar-refractivity contribution in [3.8, 4) is 0 Å². The quantitative estimate of drug-likeness (QED) is 0.716. The van der Waals surface area contributed by atoms with Crippen molar-refractivity contribution in [3.05, 3.63) is 59.1 Å². The van der Waals surface area contributed by atoms with Gasteiger partial charge in [-0.2, -0.15) is 0 Å². The predicted molar refractivity (Wildman–Crippen MR) is 82.5 cm³/mol. The molecular weight excluding hydrogens is 286 g/mol. The summed E-state index contributed by atoms with van der Waals surface area (Å²) in [6.07, 6.45) is 2.40. The van der Waals surface area contributed by atoms with E-state index in [4.69, 9.17) is 0 Å². The molecule has 0 aliphatic rings. The van der Waals surface area contributed by atoms with Gasteiger partial charge >= 0.3 is 0 Å². The predicted octanol–water partition coefficient (Wildman–Crippen LogP) is 5.39. The third-order valence-corrected chi connectivity index (χ3v) is 3.42. The van der Waals surface area contributed by atoms with E-state index in [9.17, 15) is 0 Å². The van der Waals surface area contributed by atoms with E-state index in [2.05, 4.69) is 82.4 Å². The van der Waals surface area contributed by atoms with Crippen molar-refractivity contribution in [1.29, 1.82) is 0 Å². The minimum Gasteiger partial charge on any atom is -0.341 e. The monoisotopic (exact) mass is 303 g/mol. The molecule has 2 aromatic rings. The normalized spacial score (nSPS) is 10.3. The number of hydrogen-bond acceptors (Lipinski definition) is 1. The fraction of sp³-hybridized carbons (Fsp3) is 0.250. The van der Waals surface area contributed by atoms with Crippen LogP contribution in [0.15, 0.2) is 59.1 Å². The molecule has 94 valence electrons. The maximum Gasteiger partial charge on any atom is 0.0422 e. The summed E-state index contributed by atoms with van der Waals surface area (Å²) in [4.78, 5) is 2.37. The van der Waals surface area contributed by atoms with E-state index in [-0.39, 0.29) is 0 Å². The highest BCUT2D eigenvalue weighted by Crippen LogP contribution is 2.27. The number of anilines is 2. The Hall–Kier alpha value is -1.28. The SMILES string of the molecule is CCCCN(c1ccccc1)c1cccc(Br)c1. The summed E-state index contributed by atoms with van der Waals surface area (Å²) in [5.41, 5.74) is 2.49. The van der Waals surface area contributed by atoms with Crippen molar-refractivity contribution in [2.45, 2.75) is 19.8 Å². The molecule has 0 amide bonds. The molecule has 0 radical (unpaired) electrons. The molecule has 0 N–H and O–H groups in total. The first kappa shape index (κ1) is 13.2. The van der Waals surface area contributed by atoms with Gasteiger partial charge in [-0.05, 0) is 36.8 Å². The van der Waals surface area contributed by atoms with Crippen molar-refractivity contribution < 1.29 is 0 Å². The van der Waals surface area contributed by atoms with E-state index in [0.717, 1.165) is 11.0 Å². The summed E-state index contributed by atoms with van der Waals surface area (Å²) in [5.74, 6) is 0. The van der Waals surface area contributed by atoms with Crippen LogP contribution < -0.4 is 4.90 Å². The van der Waals surface area contributed by atoms with Gasteiger partial charge in [0.2, 0.25) is 0 Å². The lowest BCUT2D eigenvalue weighted by Gasteiger charge is -2.25. The topological polar surface area (TPSA) is 3.24 Å². The Balaban J connectivity index is 2.31. The lowest BCUT2D eigenvalue weighted by atomic mass is 10.2. The average Bonchev–Trinajstić information content (AvgIpc) is 2.40. The van der Waals surface area contributed by atoms with Gasteiger partial charge in [-0.1, -0.05) is 53.5 Å². The smallest absolute Gasteiger partial charge is 0.0422 e. The largest absolute Gasteiger partial charge is 0.341 e. The van der Waals surface area contributed by atoms with Crippen molar-refractivity contribution in [2.24, 2.45) is 0 Å². The number of para-hydroxylation sites is 1. The first-order chi connectivity index (χ1) is 8.81. The highest BCUT2D eigenvalue weighted by atomic mass is 79.9. The third kappa shape index (κ3) is 3.36. The van der Waals surface area contributed by atoms with Crippen LogP contribution in [0.4, 0.5) is 11.4 Å². The Kier molecular flexibility index (Phi) is 4.82. The van der Waals surface area contributed by atoms with Crippen molar-refractivity contribution in [1.82, 2.24) is 0 Å². The number of halogens is 1. The van der Waals surface area contributed by atoms with E-state index in [0.29, 0.717) is 0 Å². The van der Waals surface area contributed by atoms with Crippen LogP contribution in [0.1, 0.15) is 19.8 Å². The highest BCUT2D eigenvalue weighted by Gasteiger charge is 2.08. The molecular formula is C16H18BrN. The Labute approximate surface area is 118 Å². The standard InChI is InChI=1S/C16H18BrN/c1-2-3-12-18(15-9-5-4-6-10-15)16-11-7-8-14(17)13-16/h4-11,13H,2-3,12H2,1H3. The maximum atomic E-state index is 3.54. The zero-order valence-electron chi connectivity index (χ0n) is 10.6. The molecule has 0 saturated heterocycles. The number of hydrogen-bond donors (Lipinski definition) is 0. The summed E-state index contributed by atoms with van der Waals surface area (Å²) in [7, 11) is 0. The minimum atomic E-state index is 1.05. The molecule has 2 rings (SSSR count). The second-order valence-electron chi connectivity index (χ2n) is 4.32. The van der Waals surface area contributed by atoms with Crippen molar-refractivity contribution in [3.63, 3.8) is 0 Å². The molecule has 0 fully saturated rings. The van der Waals surface area contributed by atoms with Gasteiger partial charge < -0.3 is 4.90 Å². The summed E-state index contributed by atoms with van der Waals surface area (Å²) < 4.78 is 1.12. The van der Waals surface area contributed by atoms with Gasteiger partial charge in [-0.3, -0.25) is 0 Å². The van der Waals surface area contributed by atoms with E-state index in [1.54, 1.807) is 0 Å². The van der Waals surface area contributed by atoms with Crippen LogP contribution in [0.5, 0.6) is 0 Å². The Morgan fingerprint density at radius 3 is 2.33 bits per heavy atom. The molecule has 1 nitrogen and oxygen atoms in total. The van der Waals surface area contributed by atoms with Crippen LogP contribution >= 0.6 is 15.9 Å². The van der Waals surface area contributed by atoms with Crippen molar-refractivity contribution in [2.75, 3.05) is 11.4 Å². The number of rotatable bonds is 5. The van der Waals surface area contributed by atoms with Gasteiger partial charge in [0, 0.05) is 22.4 Å². The van der Waals surface area contributed by atoms with Crippen LogP contribution in [0, 0.1) is 0 Å². The molecule has 0 bridgehead atoms. The second kappa shape index (κ2) is 6.60. The summed E-state index contributed by atoms with van der Waals surface area (Å²) in [6.45, 7) is 3.28. The van der Waals surface area contributed by atoms with Crippen molar-refractivity contribution >= 4 is 27.3 Å². The molecule has 18 heavy (non-hydrogen) atoms. The van der Waals surface area contributed by atoms with Crippen LogP contribution in [0.25, 0.3) is 0 Å². The molecule has 0 saturated carbocycles. The zero-order chi connectivity index (χ0) is 12.8. The number of nitrogens with zero attached hydrogens (tertiary/aromatic N) is 1. The van der Waals surface area contributed by atoms with Gasteiger partial charge in [-0.15, -0.1) is 0 Å². The lowest BCUT2D eigenvalue weighted by molar-refractivity contribution is 0.786. The van der Waals surface area contributed by atoms with E-state index < -0.39 is 0 Å². The Bertz CT molecular complexity index is 481. The Morgan fingerprint density at radius 1 is 0.944 bits per heavy atom. The second-order valence-corrected chi connectivity index (χ2v) is 5.24. The van der Waals surface area contributed by atoms with Gasteiger partial charge in [0.05, 0.1) is 0 Å². The molecule has 0 aromatic heterocycles. The third-order valence-electron chi connectivity index (χ3n) is 2.92. The maximum absolute atomic E-state index is 3.54. The van der Waals surface area contributed by atoms with E-state index in [1.807, 2.05) is 0 Å². The van der Waals surface area contributed by atoms with Gasteiger partial charge in [0.1, 0.15) is 0 Å². The fourth-order valence-electron chi connectivity index (χ4n) is 1.98. The van der Waals surface area contributed by atoms with E-state index in [1.165, 1.54) is 24.2 Å². The molecule has 0 spiro atoms. The summed E-state index contributed by atoms with van der Waals surface area (Å²) in [5, 5.41) is 0. The van der Waals surface area contributed by atoms with Crippen LogP contribution in [0.3, 0.4) is 0 Å².